The Morgan fingerprint density at radius 2 is 2.16 bits per heavy atom. The van der Waals surface area contributed by atoms with Gasteiger partial charge in [0.15, 0.2) is 0 Å². The lowest BCUT2D eigenvalue weighted by Gasteiger charge is -2.28. The Labute approximate surface area is 118 Å². The van der Waals surface area contributed by atoms with Gasteiger partial charge in [-0.2, -0.15) is 0 Å². The Morgan fingerprint density at radius 3 is 2.89 bits per heavy atom. The van der Waals surface area contributed by atoms with Gasteiger partial charge >= 0.3 is 0 Å². The molecule has 0 saturated carbocycles. The largest absolute Gasteiger partial charge is 0.399 e. The summed E-state index contributed by atoms with van der Waals surface area (Å²) in [6.07, 6.45) is 6.85. The van der Waals surface area contributed by atoms with Crippen LogP contribution in [0.1, 0.15) is 57.6 Å². The van der Waals surface area contributed by atoms with Crippen molar-refractivity contribution < 1.29 is 0 Å². The fourth-order valence-corrected chi connectivity index (χ4v) is 3.30. The van der Waals surface area contributed by atoms with Crippen molar-refractivity contribution in [1.82, 2.24) is 4.90 Å². The summed E-state index contributed by atoms with van der Waals surface area (Å²) in [7, 11) is 0. The molecule has 1 fully saturated rings. The number of hydrogen-bond acceptors (Lipinski definition) is 2. The molecule has 0 aromatic heterocycles. The Kier molecular flexibility index (Phi) is 5.26. The Hall–Kier alpha value is -1.02. The molecule has 106 valence electrons. The van der Waals surface area contributed by atoms with E-state index in [0.29, 0.717) is 6.04 Å². The van der Waals surface area contributed by atoms with Gasteiger partial charge in [-0.15, -0.1) is 0 Å². The van der Waals surface area contributed by atoms with Crippen LogP contribution in [0.15, 0.2) is 24.3 Å². The number of rotatable bonds is 4. The monoisotopic (exact) mass is 260 g/mol. The number of nitrogens with two attached hydrogens (primary N) is 1. The predicted molar refractivity (Wildman–Crippen MR) is 83.1 cm³/mol. The maximum Gasteiger partial charge on any atom is 0.0320 e. The molecule has 0 amide bonds. The molecule has 1 aromatic rings. The predicted octanol–water partition coefficient (Wildman–Crippen LogP) is 4.23. The summed E-state index contributed by atoms with van der Waals surface area (Å²) >= 11 is 0. The average Bonchev–Trinajstić information content (AvgIpc) is 2.64. The lowest BCUT2D eigenvalue weighted by atomic mass is 9.96. The molecule has 0 aliphatic carbocycles. The Balaban J connectivity index is 1.97. The lowest BCUT2D eigenvalue weighted by Crippen LogP contribution is -2.28. The molecule has 2 unspecified atom stereocenters. The highest BCUT2D eigenvalue weighted by atomic mass is 15.1. The number of nitrogen functional groups attached to an aromatic ring is 1. The van der Waals surface area contributed by atoms with Crippen LogP contribution in [0.25, 0.3) is 0 Å². The summed E-state index contributed by atoms with van der Waals surface area (Å²) in [5.74, 6) is 0.947. The molecule has 0 spiro atoms. The van der Waals surface area contributed by atoms with Gasteiger partial charge in [0.05, 0.1) is 0 Å². The SMILES string of the molecule is CCCC1CCCN(C(C)c2cccc(N)c2)CC1. The van der Waals surface area contributed by atoms with E-state index in [1.165, 1.54) is 50.8 Å². The molecule has 2 N–H and O–H groups in total. The maximum absolute atomic E-state index is 5.90. The quantitative estimate of drug-likeness (QED) is 0.821. The topological polar surface area (TPSA) is 29.3 Å². The minimum atomic E-state index is 0.490. The van der Waals surface area contributed by atoms with Gasteiger partial charge in [0.1, 0.15) is 0 Å². The highest BCUT2D eigenvalue weighted by molar-refractivity contribution is 5.41. The van der Waals surface area contributed by atoms with Crippen LogP contribution in [-0.4, -0.2) is 18.0 Å². The average molecular weight is 260 g/mol. The number of nitrogens with zero attached hydrogens (tertiary/aromatic N) is 1. The lowest BCUT2D eigenvalue weighted by molar-refractivity contribution is 0.216. The van der Waals surface area contributed by atoms with Gasteiger partial charge in [-0.05, 0) is 62.9 Å². The van der Waals surface area contributed by atoms with Crippen LogP contribution in [0.5, 0.6) is 0 Å². The summed E-state index contributed by atoms with van der Waals surface area (Å²) < 4.78 is 0. The first-order chi connectivity index (χ1) is 9.20. The molecule has 1 aliphatic heterocycles. The van der Waals surface area contributed by atoms with E-state index in [0.717, 1.165) is 11.6 Å². The normalized spacial score (nSPS) is 22.9. The van der Waals surface area contributed by atoms with Crippen molar-refractivity contribution >= 4 is 5.69 Å². The molecule has 1 aromatic carbocycles. The van der Waals surface area contributed by atoms with Gasteiger partial charge in [0.25, 0.3) is 0 Å². The van der Waals surface area contributed by atoms with E-state index in [1.807, 2.05) is 6.07 Å². The van der Waals surface area contributed by atoms with Crippen LogP contribution in [0, 0.1) is 5.92 Å². The molecule has 2 nitrogen and oxygen atoms in total. The Bertz CT molecular complexity index is 389. The van der Waals surface area contributed by atoms with Crippen molar-refractivity contribution in [2.24, 2.45) is 5.92 Å². The van der Waals surface area contributed by atoms with Crippen molar-refractivity contribution in [2.45, 2.75) is 52.0 Å². The molecule has 1 heterocycles. The summed E-state index contributed by atoms with van der Waals surface area (Å²) in [4.78, 5) is 2.63. The van der Waals surface area contributed by atoms with Crippen molar-refractivity contribution in [1.29, 1.82) is 0 Å². The summed E-state index contributed by atoms with van der Waals surface area (Å²) in [6.45, 7) is 7.09. The van der Waals surface area contributed by atoms with Crippen LogP contribution in [0.3, 0.4) is 0 Å². The van der Waals surface area contributed by atoms with Gasteiger partial charge in [0.2, 0.25) is 0 Å². The molecular formula is C17H28N2. The van der Waals surface area contributed by atoms with Crippen LogP contribution in [0.2, 0.25) is 0 Å². The Morgan fingerprint density at radius 1 is 1.32 bits per heavy atom. The first-order valence-corrected chi connectivity index (χ1v) is 7.80. The van der Waals surface area contributed by atoms with Crippen molar-refractivity contribution in [3.63, 3.8) is 0 Å². The zero-order valence-electron chi connectivity index (χ0n) is 12.4. The second kappa shape index (κ2) is 6.95. The second-order valence-corrected chi connectivity index (χ2v) is 5.97. The van der Waals surface area contributed by atoms with E-state index in [-0.39, 0.29) is 0 Å². The number of hydrogen-bond donors (Lipinski definition) is 1. The van der Waals surface area contributed by atoms with Crippen molar-refractivity contribution in [3.05, 3.63) is 29.8 Å². The molecule has 0 bridgehead atoms. The highest BCUT2D eigenvalue weighted by Crippen LogP contribution is 2.28. The molecule has 19 heavy (non-hydrogen) atoms. The molecule has 2 heteroatoms. The summed E-state index contributed by atoms with van der Waals surface area (Å²) in [5, 5.41) is 0. The van der Waals surface area contributed by atoms with Gasteiger partial charge in [-0.1, -0.05) is 31.9 Å². The fourth-order valence-electron chi connectivity index (χ4n) is 3.30. The third kappa shape index (κ3) is 3.97. The first-order valence-electron chi connectivity index (χ1n) is 7.80. The van der Waals surface area contributed by atoms with E-state index in [2.05, 4.69) is 36.9 Å². The molecular weight excluding hydrogens is 232 g/mol. The van der Waals surface area contributed by atoms with Crippen LogP contribution >= 0.6 is 0 Å². The van der Waals surface area contributed by atoms with E-state index in [9.17, 15) is 0 Å². The van der Waals surface area contributed by atoms with Gasteiger partial charge in [-0.25, -0.2) is 0 Å². The van der Waals surface area contributed by atoms with Crippen LogP contribution in [0.4, 0.5) is 5.69 Å². The first kappa shape index (κ1) is 14.4. The molecule has 0 radical (unpaired) electrons. The fraction of sp³-hybridized carbons (Fsp3) is 0.647. The maximum atomic E-state index is 5.90. The summed E-state index contributed by atoms with van der Waals surface area (Å²) in [5.41, 5.74) is 8.13. The number of anilines is 1. The van der Waals surface area contributed by atoms with Crippen molar-refractivity contribution in [3.8, 4) is 0 Å². The van der Waals surface area contributed by atoms with E-state index < -0.39 is 0 Å². The second-order valence-electron chi connectivity index (χ2n) is 5.97. The van der Waals surface area contributed by atoms with Gasteiger partial charge in [0, 0.05) is 11.7 Å². The molecule has 1 saturated heterocycles. The summed E-state index contributed by atoms with van der Waals surface area (Å²) in [6, 6.07) is 8.85. The molecule has 2 atom stereocenters. The van der Waals surface area contributed by atoms with E-state index in [1.54, 1.807) is 0 Å². The zero-order chi connectivity index (χ0) is 13.7. The number of benzene rings is 1. The van der Waals surface area contributed by atoms with Crippen LogP contribution in [-0.2, 0) is 0 Å². The zero-order valence-corrected chi connectivity index (χ0v) is 12.4. The van der Waals surface area contributed by atoms with E-state index >= 15 is 0 Å². The van der Waals surface area contributed by atoms with Gasteiger partial charge in [-0.3, -0.25) is 4.90 Å². The molecule has 1 aliphatic rings. The standard InChI is InChI=1S/C17H28N2/c1-3-6-15-7-5-11-19(12-10-15)14(2)16-8-4-9-17(18)13-16/h4,8-9,13-15H,3,5-7,10-12,18H2,1-2H3. The highest BCUT2D eigenvalue weighted by Gasteiger charge is 2.21. The third-order valence-corrected chi connectivity index (χ3v) is 4.52. The van der Waals surface area contributed by atoms with Gasteiger partial charge < -0.3 is 5.73 Å². The minimum absolute atomic E-state index is 0.490. The van der Waals surface area contributed by atoms with Crippen molar-refractivity contribution in [2.75, 3.05) is 18.8 Å². The minimum Gasteiger partial charge on any atom is -0.399 e. The smallest absolute Gasteiger partial charge is 0.0320 e. The number of likely N-dealkylation sites (tertiary alicyclic amines) is 1. The molecule has 2 rings (SSSR count). The third-order valence-electron chi connectivity index (χ3n) is 4.52. The van der Waals surface area contributed by atoms with E-state index in [4.69, 9.17) is 5.73 Å². The van der Waals surface area contributed by atoms with Crippen LogP contribution < -0.4 is 5.73 Å².